The van der Waals surface area contributed by atoms with Gasteiger partial charge in [-0.1, -0.05) is 18.2 Å². The summed E-state index contributed by atoms with van der Waals surface area (Å²) >= 11 is 0. The minimum atomic E-state index is -1.58. The molecule has 3 fully saturated rings. The highest BCUT2D eigenvalue weighted by Gasteiger charge is 2.44. The molecule has 0 bridgehead atoms. The molecule has 4 heterocycles. The van der Waals surface area contributed by atoms with Gasteiger partial charge >= 0.3 is 0 Å². The first-order chi connectivity index (χ1) is 27.7. The van der Waals surface area contributed by atoms with E-state index < -0.39 is 84.0 Å². The van der Waals surface area contributed by atoms with Gasteiger partial charge in [-0.15, -0.1) is 0 Å². The lowest BCUT2D eigenvalue weighted by Crippen LogP contribution is -2.61. The van der Waals surface area contributed by atoms with Crippen molar-refractivity contribution in [2.75, 3.05) is 26.2 Å². The van der Waals surface area contributed by atoms with E-state index in [1.54, 1.807) is 6.20 Å². The predicted molar refractivity (Wildman–Crippen MR) is 213 cm³/mol. The van der Waals surface area contributed by atoms with Crippen molar-refractivity contribution in [3.63, 3.8) is 0 Å². The Morgan fingerprint density at radius 3 is 1.84 bits per heavy atom. The number of nitrogens with one attached hydrogen (secondary N) is 5. The summed E-state index contributed by atoms with van der Waals surface area (Å²) in [6.07, 6.45) is 3.17. The molecule has 21 heteroatoms. The van der Waals surface area contributed by atoms with Crippen LogP contribution in [0.1, 0.15) is 63.4 Å². The average Bonchev–Trinajstić information content (AvgIpc) is 3.96. The maximum absolute atomic E-state index is 14.3. The normalized spacial score (nSPS) is 24.8. The monoisotopic (exact) mass is 806 g/mol. The van der Waals surface area contributed by atoms with Gasteiger partial charge in [-0.3, -0.25) is 43.5 Å². The number of carbonyl (C=O) groups excluding carboxylic acids is 7. The number of H-pyrrole nitrogens is 1. The average molecular weight is 807 g/mol. The Morgan fingerprint density at radius 1 is 0.655 bits per heavy atom. The van der Waals surface area contributed by atoms with E-state index in [4.69, 9.17) is 28.7 Å². The number of aliphatic imine (C=N–C) groups is 2. The van der Waals surface area contributed by atoms with Gasteiger partial charge in [0.2, 0.25) is 41.4 Å². The van der Waals surface area contributed by atoms with Crippen molar-refractivity contribution in [2.45, 2.75) is 100 Å². The van der Waals surface area contributed by atoms with E-state index in [1.807, 2.05) is 24.3 Å². The zero-order valence-electron chi connectivity index (χ0n) is 32.3. The maximum atomic E-state index is 14.3. The van der Waals surface area contributed by atoms with E-state index in [-0.39, 0.29) is 70.2 Å². The number of primary amides is 1. The largest absolute Gasteiger partial charge is 0.370 e. The summed E-state index contributed by atoms with van der Waals surface area (Å²) in [6, 6.07) is 0.159. The predicted octanol–water partition coefficient (Wildman–Crippen LogP) is -3.37. The first kappa shape index (κ1) is 42.7. The van der Waals surface area contributed by atoms with E-state index in [2.05, 4.69) is 36.2 Å². The third kappa shape index (κ3) is 10.9. The van der Waals surface area contributed by atoms with Gasteiger partial charge in [0, 0.05) is 49.7 Å². The van der Waals surface area contributed by atoms with Crippen LogP contribution in [0.4, 0.5) is 0 Å². The maximum Gasteiger partial charge on any atom is 0.246 e. The van der Waals surface area contributed by atoms with Crippen LogP contribution >= 0.6 is 0 Å². The fraction of sp³-hybridized carbons (Fsp3) is 0.541. The lowest BCUT2D eigenvalue weighted by atomic mass is 10.0. The van der Waals surface area contributed by atoms with E-state index in [0.29, 0.717) is 31.2 Å². The fourth-order valence-corrected chi connectivity index (χ4v) is 7.74. The van der Waals surface area contributed by atoms with Crippen molar-refractivity contribution in [1.29, 1.82) is 0 Å². The van der Waals surface area contributed by atoms with Gasteiger partial charge in [0.1, 0.15) is 36.3 Å². The lowest BCUT2D eigenvalue weighted by molar-refractivity contribution is -0.148. The smallest absolute Gasteiger partial charge is 0.246 e. The molecule has 0 saturated carbocycles. The molecule has 3 saturated heterocycles. The molecule has 0 aliphatic carbocycles. The number of nitrogens with zero attached hydrogens (tertiary/aromatic N) is 4. The number of nitrogens with two attached hydrogens (primary N) is 5. The summed E-state index contributed by atoms with van der Waals surface area (Å²) in [5, 5.41) is 11.6. The molecule has 7 amide bonds. The van der Waals surface area contributed by atoms with Crippen LogP contribution < -0.4 is 49.9 Å². The highest BCUT2D eigenvalue weighted by atomic mass is 16.2. The van der Waals surface area contributed by atoms with Crippen LogP contribution in [-0.2, 0) is 40.0 Å². The van der Waals surface area contributed by atoms with Crippen LogP contribution in [0.5, 0.6) is 0 Å². The number of fused-ring (bicyclic) bond motifs is 3. The third-order valence-electron chi connectivity index (χ3n) is 10.6. The van der Waals surface area contributed by atoms with E-state index in [1.165, 1.54) is 9.80 Å². The number of aromatic nitrogens is 1. The zero-order valence-corrected chi connectivity index (χ0v) is 32.3. The molecule has 314 valence electrons. The number of para-hydroxylation sites is 1. The number of benzene rings is 1. The van der Waals surface area contributed by atoms with Crippen LogP contribution in [0.15, 0.2) is 40.4 Å². The molecule has 3 aliphatic heterocycles. The van der Waals surface area contributed by atoms with Crippen molar-refractivity contribution in [2.24, 2.45) is 38.7 Å². The molecule has 1 aromatic carbocycles. The first-order valence-electron chi connectivity index (χ1n) is 19.5. The Bertz CT molecular complexity index is 1920. The number of hydrogen-bond donors (Lipinski definition) is 10. The molecule has 2 aromatic rings. The van der Waals surface area contributed by atoms with Crippen LogP contribution in [0.3, 0.4) is 0 Å². The fourth-order valence-electron chi connectivity index (χ4n) is 7.74. The molecule has 58 heavy (non-hydrogen) atoms. The number of guanidine groups is 2. The molecule has 0 radical (unpaired) electrons. The van der Waals surface area contributed by atoms with Gasteiger partial charge in [-0.05, 0) is 63.0 Å². The number of hydrogen-bond acceptors (Lipinski definition) is 9. The van der Waals surface area contributed by atoms with Gasteiger partial charge in [0.25, 0.3) is 0 Å². The Balaban J connectivity index is 1.53. The van der Waals surface area contributed by atoms with Gasteiger partial charge in [-0.25, -0.2) is 0 Å². The van der Waals surface area contributed by atoms with Crippen molar-refractivity contribution < 1.29 is 33.6 Å². The van der Waals surface area contributed by atoms with Crippen molar-refractivity contribution in [3.05, 3.63) is 36.0 Å². The molecule has 3 aliphatic rings. The quantitative estimate of drug-likeness (QED) is 0.0573. The van der Waals surface area contributed by atoms with Gasteiger partial charge in [-0.2, -0.15) is 0 Å². The number of amides is 7. The lowest BCUT2D eigenvalue weighted by Gasteiger charge is -2.34. The molecular weight excluding hydrogens is 752 g/mol. The Kier molecular flexibility index (Phi) is 14.5. The van der Waals surface area contributed by atoms with E-state index >= 15 is 0 Å². The minimum absolute atomic E-state index is 0.0269. The van der Waals surface area contributed by atoms with Crippen LogP contribution in [-0.4, -0.2) is 130 Å². The topological polar surface area (TPSA) is 345 Å². The second-order valence-corrected chi connectivity index (χ2v) is 14.8. The summed E-state index contributed by atoms with van der Waals surface area (Å²) < 4.78 is 0. The number of carbonyl (C=O) groups is 7. The third-order valence-corrected chi connectivity index (χ3v) is 10.6. The second-order valence-electron chi connectivity index (χ2n) is 14.8. The summed E-state index contributed by atoms with van der Waals surface area (Å²) in [6.45, 7) is 0.703. The SMILES string of the molecule is NC(=O)C[C@@H]1NC(=O)[C@H](Cc2c[nH]c3ccccc23)NC(=O)[C@@H]2CCCN2C(=O)[C@@H]2CCCN2C(=O)[C@H](CCCN=C(N)N)NC(=O)[C@H](CCCN=C(N)N)NC1=O. The van der Waals surface area contributed by atoms with Gasteiger partial charge < -0.3 is 64.7 Å². The van der Waals surface area contributed by atoms with Gasteiger partial charge in [0.05, 0.1) is 6.42 Å². The Morgan fingerprint density at radius 2 is 1.19 bits per heavy atom. The molecule has 0 unspecified atom stereocenters. The summed E-state index contributed by atoms with van der Waals surface area (Å²) in [5.41, 5.74) is 29.0. The van der Waals surface area contributed by atoms with Gasteiger partial charge in [0.15, 0.2) is 11.9 Å². The molecule has 15 N–H and O–H groups in total. The molecule has 6 atom stereocenters. The number of aromatic amines is 1. The van der Waals surface area contributed by atoms with Crippen molar-refractivity contribution >= 4 is 64.2 Å². The highest BCUT2D eigenvalue weighted by Crippen LogP contribution is 2.27. The Hall–Kier alpha value is -6.41. The molecule has 0 spiro atoms. The second kappa shape index (κ2) is 19.6. The highest BCUT2D eigenvalue weighted by molar-refractivity contribution is 6.00. The van der Waals surface area contributed by atoms with Crippen LogP contribution in [0, 0.1) is 0 Å². The minimum Gasteiger partial charge on any atom is -0.370 e. The summed E-state index contributed by atoms with van der Waals surface area (Å²) in [5.74, 6) is -5.29. The number of rotatable bonds is 12. The molecule has 21 nitrogen and oxygen atoms in total. The summed E-state index contributed by atoms with van der Waals surface area (Å²) in [7, 11) is 0. The van der Waals surface area contributed by atoms with Crippen molar-refractivity contribution in [3.8, 4) is 0 Å². The first-order valence-corrected chi connectivity index (χ1v) is 19.5. The standard InChI is InChI=1S/C37H54N14O7/c38-29(52)18-26-32(55)46-23(9-3-13-43-36(39)40)30(53)47-24(10-4-14-44-37(41)42)34(57)51-16-6-12-28(51)35(58)50-15-5-11-27(50)33(56)49-25(31(54)48-26)17-20-19-45-22-8-2-1-7-21(20)22/h1-2,7-8,19,23-28,45H,3-6,9-18H2,(H2,38,52)(H,46,55)(H,47,53)(H,48,54)(H,49,56)(H4,39,40,43)(H4,41,42,44)/t23-,24-,25-,26-,27-,28-/m0/s1. The Labute approximate surface area is 334 Å². The summed E-state index contributed by atoms with van der Waals surface area (Å²) in [4.78, 5) is 111. The van der Waals surface area contributed by atoms with Crippen molar-refractivity contribution in [1.82, 2.24) is 36.1 Å². The molecule has 1 aromatic heterocycles. The zero-order chi connectivity index (χ0) is 41.9. The van der Waals surface area contributed by atoms with E-state index in [0.717, 1.165) is 10.9 Å². The van der Waals surface area contributed by atoms with Crippen LogP contribution in [0.2, 0.25) is 0 Å². The van der Waals surface area contributed by atoms with Crippen LogP contribution in [0.25, 0.3) is 10.9 Å². The molecule has 5 rings (SSSR count). The molecular formula is C37H54N14O7. The van der Waals surface area contributed by atoms with E-state index in [9.17, 15) is 33.6 Å².